The van der Waals surface area contributed by atoms with Crippen molar-refractivity contribution in [1.82, 2.24) is 0 Å². The van der Waals surface area contributed by atoms with E-state index < -0.39 is 0 Å². The second kappa shape index (κ2) is 15.4. The van der Waals surface area contributed by atoms with Gasteiger partial charge in [-0.25, -0.2) is 0 Å². The van der Waals surface area contributed by atoms with Crippen LogP contribution >= 0.6 is 0 Å². The molecule has 0 bridgehead atoms. The minimum atomic E-state index is -0.0978. The molecular formula is C64H64BN3. The molecule has 11 rings (SSSR count). The predicted octanol–water partition coefficient (Wildman–Crippen LogP) is 15.7. The van der Waals surface area contributed by atoms with Gasteiger partial charge in [0.15, 0.2) is 0 Å². The molecule has 338 valence electrons. The lowest BCUT2D eigenvalue weighted by atomic mass is 9.33. The molecule has 2 aliphatic heterocycles. The molecule has 8 aromatic carbocycles. The van der Waals surface area contributed by atoms with Crippen LogP contribution in [0.2, 0.25) is 0 Å². The summed E-state index contributed by atoms with van der Waals surface area (Å²) in [6, 6.07) is 64.8. The lowest BCUT2D eigenvalue weighted by Crippen LogP contribution is -2.61. The molecule has 0 saturated carbocycles. The topological polar surface area (TPSA) is 9.72 Å². The maximum absolute atomic E-state index is 2.61. The van der Waals surface area contributed by atoms with Crippen LogP contribution in [-0.2, 0) is 21.7 Å². The Kier molecular flexibility index (Phi) is 9.90. The van der Waals surface area contributed by atoms with E-state index in [2.05, 4.69) is 268 Å². The fourth-order valence-corrected chi connectivity index (χ4v) is 11.3. The van der Waals surface area contributed by atoms with Gasteiger partial charge in [-0.3, -0.25) is 0 Å². The van der Waals surface area contributed by atoms with Crippen LogP contribution in [0.1, 0.15) is 110 Å². The number of rotatable bonds is 5. The van der Waals surface area contributed by atoms with E-state index in [9.17, 15) is 0 Å². The molecule has 3 aliphatic rings. The smallest absolute Gasteiger partial charge is 0.252 e. The Bertz CT molecular complexity index is 3220. The molecule has 8 aromatic rings. The molecule has 0 N–H and O–H groups in total. The molecule has 2 heterocycles. The van der Waals surface area contributed by atoms with E-state index >= 15 is 0 Å². The van der Waals surface area contributed by atoms with E-state index in [0.29, 0.717) is 0 Å². The van der Waals surface area contributed by atoms with E-state index in [4.69, 9.17) is 0 Å². The van der Waals surface area contributed by atoms with Crippen LogP contribution in [0.3, 0.4) is 0 Å². The van der Waals surface area contributed by atoms with Crippen molar-refractivity contribution in [1.29, 1.82) is 0 Å². The molecule has 0 amide bonds. The van der Waals surface area contributed by atoms with Crippen molar-refractivity contribution in [2.24, 2.45) is 0 Å². The Morgan fingerprint density at radius 1 is 0.412 bits per heavy atom. The molecule has 0 radical (unpaired) electrons. The first-order valence-electron chi connectivity index (χ1n) is 24.6. The average Bonchev–Trinajstić information content (AvgIpc) is 3.53. The van der Waals surface area contributed by atoms with Crippen LogP contribution in [0.25, 0.3) is 11.1 Å². The van der Waals surface area contributed by atoms with Crippen molar-refractivity contribution in [2.45, 2.75) is 105 Å². The lowest BCUT2D eigenvalue weighted by molar-refractivity contribution is 0.568. The van der Waals surface area contributed by atoms with E-state index in [1.807, 2.05) is 0 Å². The van der Waals surface area contributed by atoms with Crippen LogP contribution in [0.5, 0.6) is 0 Å². The number of hydrogen-bond acceptors (Lipinski definition) is 3. The van der Waals surface area contributed by atoms with Crippen molar-refractivity contribution in [3.63, 3.8) is 0 Å². The molecule has 1 aliphatic carbocycles. The molecule has 3 nitrogen and oxygen atoms in total. The Labute approximate surface area is 406 Å². The van der Waals surface area contributed by atoms with Gasteiger partial charge in [-0.05, 0) is 163 Å². The van der Waals surface area contributed by atoms with Crippen LogP contribution in [0.15, 0.2) is 170 Å². The minimum absolute atomic E-state index is 0.0154. The number of anilines is 9. The van der Waals surface area contributed by atoms with Crippen molar-refractivity contribution in [3.05, 3.63) is 203 Å². The quantitative estimate of drug-likeness (QED) is 0.159. The summed E-state index contributed by atoms with van der Waals surface area (Å²) in [7, 11) is 0. The van der Waals surface area contributed by atoms with Gasteiger partial charge in [0.25, 0.3) is 6.71 Å². The second-order valence-electron chi connectivity index (χ2n) is 23.3. The normalized spacial score (nSPS) is 14.5. The van der Waals surface area contributed by atoms with Gasteiger partial charge < -0.3 is 14.7 Å². The third kappa shape index (κ3) is 7.01. The summed E-state index contributed by atoms with van der Waals surface area (Å²) >= 11 is 0. The van der Waals surface area contributed by atoms with Gasteiger partial charge >= 0.3 is 0 Å². The summed E-state index contributed by atoms with van der Waals surface area (Å²) in [4.78, 5) is 7.62. The molecule has 0 fully saturated rings. The summed E-state index contributed by atoms with van der Waals surface area (Å²) in [6.07, 6.45) is 0. The maximum atomic E-state index is 2.61. The van der Waals surface area contributed by atoms with Crippen LogP contribution in [-0.4, -0.2) is 6.71 Å². The zero-order chi connectivity index (χ0) is 47.7. The monoisotopic (exact) mass is 886 g/mol. The average molecular weight is 886 g/mol. The number of nitrogens with zero attached hydrogens (tertiary/aromatic N) is 3. The highest BCUT2D eigenvalue weighted by molar-refractivity contribution is 7.00. The third-order valence-corrected chi connectivity index (χ3v) is 15.1. The summed E-state index contributed by atoms with van der Waals surface area (Å²) in [5.74, 6) is 0. The number of para-hydroxylation sites is 2. The van der Waals surface area contributed by atoms with E-state index in [1.54, 1.807) is 0 Å². The van der Waals surface area contributed by atoms with Crippen molar-refractivity contribution < 1.29 is 0 Å². The molecule has 0 saturated heterocycles. The third-order valence-electron chi connectivity index (χ3n) is 15.1. The van der Waals surface area contributed by atoms with Gasteiger partial charge in [0.05, 0.1) is 0 Å². The Morgan fingerprint density at radius 3 is 1.57 bits per heavy atom. The van der Waals surface area contributed by atoms with Gasteiger partial charge in [-0.1, -0.05) is 167 Å². The van der Waals surface area contributed by atoms with Gasteiger partial charge in [-0.15, -0.1) is 0 Å². The standard InChI is InChI=1S/C64H64BN3/c1-41-33-58-60-59(34-41)68(49-36-43(62(5,6)7)35-44(37-49)63(8,9)10)56-32-27-42(61(2,3)4)38-55(56)65(60)54-31-29-48(66(45-21-15-13-16-22-45)46-23-17-14-18-24-46)40-57(54)67(58)47-28-30-53-51(39-47)50-25-19-20-26-52(50)64(53,11)12/h13-40H,1-12H3. The SMILES string of the molecule is Cc1cc2c3c(c1)N(c1ccc4c(c1)-c1ccccc1C4(C)C)c1cc(N(c4ccccc4)c4ccccc4)ccc1B3c1cc(C(C)(C)C)ccc1N2c1cc(C(C)(C)C)cc(C(C)(C)C)c1. The number of fused-ring (bicyclic) bond motifs is 7. The molecule has 0 atom stereocenters. The number of aryl methyl sites for hydroxylation is 1. The summed E-state index contributed by atoms with van der Waals surface area (Å²) in [6.45, 7) is 28.1. The van der Waals surface area contributed by atoms with Crippen molar-refractivity contribution in [3.8, 4) is 11.1 Å². The maximum Gasteiger partial charge on any atom is 0.252 e. The molecule has 0 spiro atoms. The van der Waals surface area contributed by atoms with E-state index in [-0.39, 0.29) is 28.4 Å². The Balaban J connectivity index is 1.23. The summed E-state index contributed by atoms with van der Waals surface area (Å²) in [5, 5.41) is 0. The van der Waals surface area contributed by atoms with Crippen LogP contribution in [0.4, 0.5) is 51.2 Å². The highest BCUT2D eigenvalue weighted by Gasteiger charge is 2.45. The van der Waals surface area contributed by atoms with Gasteiger partial charge in [0.1, 0.15) is 0 Å². The minimum Gasteiger partial charge on any atom is -0.311 e. The number of benzene rings is 8. The predicted molar refractivity (Wildman–Crippen MR) is 294 cm³/mol. The molecule has 4 heteroatoms. The fraction of sp³-hybridized carbons (Fsp3) is 0.250. The molecule has 0 aromatic heterocycles. The molecule has 68 heavy (non-hydrogen) atoms. The van der Waals surface area contributed by atoms with E-state index in [0.717, 1.165) is 22.7 Å². The fourth-order valence-electron chi connectivity index (χ4n) is 11.3. The van der Waals surface area contributed by atoms with Gasteiger partial charge in [0.2, 0.25) is 0 Å². The Hall–Kier alpha value is -6.78. The van der Waals surface area contributed by atoms with Crippen molar-refractivity contribution >= 4 is 74.3 Å². The summed E-state index contributed by atoms with van der Waals surface area (Å²) < 4.78 is 0. The lowest BCUT2D eigenvalue weighted by Gasteiger charge is -2.45. The highest BCUT2D eigenvalue weighted by atomic mass is 15.2. The number of hydrogen-bond donors (Lipinski definition) is 0. The zero-order valence-corrected chi connectivity index (χ0v) is 42.1. The van der Waals surface area contributed by atoms with Crippen LogP contribution < -0.4 is 31.1 Å². The van der Waals surface area contributed by atoms with Gasteiger partial charge in [-0.2, -0.15) is 0 Å². The Morgan fingerprint density at radius 2 is 0.971 bits per heavy atom. The molecular weight excluding hydrogens is 822 g/mol. The van der Waals surface area contributed by atoms with E-state index in [1.165, 1.54) is 89.3 Å². The first kappa shape index (κ1) is 43.8. The summed E-state index contributed by atoms with van der Waals surface area (Å²) in [5.41, 5.74) is 25.1. The second-order valence-corrected chi connectivity index (χ2v) is 23.3. The van der Waals surface area contributed by atoms with Crippen molar-refractivity contribution in [2.75, 3.05) is 14.7 Å². The van der Waals surface area contributed by atoms with Gasteiger partial charge in [0, 0.05) is 56.6 Å². The zero-order valence-electron chi connectivity index (χ0n) is 42.1. The highest BCUT2D eigenvalue weighted by Crippen LogP contribution is 2.52. The largest absolute Gasteiger partial charge is 0.311 e. The first-order chi connectivity index (χ1) is 32.3. The molecule has 0 unspecified atom stereocenters. The van der Waals surface area contributed by atoms with Crippen LogP contribution in [0, 0.1) is 6.92 Å². The first-order valence-corrected chi connectivity index (χ1v) is 24.6.